The Labute approximate surface area is 128 Å². The van der Waals surface area contributed by atoms with Crippen molar-refractivity contribution < 1.29 is 0 Å². The Morgan fingerprint density at radius 2 is 2.05 bits per heavy atom. The first kappa shape index (κ1) is 14.9. The maximum atomic E-state index is 12.3. The van der Waals surface area contributed by atoms with E-state index in [4.69, 9.17) is 0 Å². The molecule has 0 saturated carbocycles. The van der Waals surface area contributed by atoms with Crippen LogP contribution < -0.4 is 16.1 Å². The Balaban J connectivity index is 2.28. The minimum Gasteiger partial charge on any atom is -0.342 e. The molecule has 1 aliphatic rings. The number of fused-ring (bicyclic) bond motifs is 1. The number of hydrogen-bond donors (Lipinski definition) is 1. The van der Waals surface area contributed by atoms with E-state index in [0.717, 1.165) is 25.5 Å². The van der Waals surface area contributed by atoms with E-state index in [-0.39, 0.29) is 11.6 Å². The summed E-state index contributed by atoms with van der Waals surface area (Å²) in [5.74, 6) is 1.40. The minimum atomic E-state index is -0.426. The molecule has 1 fully saturated rings. The number of aryl methyl sites for hydroxylation is 1. The van der Waals surface area contributed by atoms with Crippen LogP contribution in [0.25, 0.3) is 11.2 Å². The number of nitrogens with one attached hydrogen (secondary N) is 1. The molecular formula is C15H23N5O2. The van der Waals surface area contributed by atoms with Crippen LogP contribution in [0.3, 0.4) is 0 Å². The second-order valence-corrected chi connectivity index (χ2v) is 6.56. The first-order valence-electron chi connectivity index (χ1n) is 7.86. The minimum absolute atomic E-state index is 0.0934. The summed E-state index contributed by atoms with van der Waals surface area (Å²) >= 11 is 0. The fourth-order valence-electron chi connectivity index (χ4n) is 3.27. The van der Waals surface area contributed by atoms with E-state index in [1.165, 1.54) is 11.0 Å². The van der Waals surface area contributed by atoms with Crippen molar-refractivity contribution in [2.75, 3.05) is 18.0 Å². The first-order valence-corrected chi connectivity index (χ1v) is 7.86. The second kappa shape index (κ2) is 5.30. The lowest BCUT2D eigenvalue weighted by atomic mass is 10.0. The third-order valence-corrected chi connectivity index (χ3v) is 4.39. The zero-order valence-electron chi connectivity index (χ0n) is 13.6. The molecule has 1 N–H and O–H groups in total. The van der Waals surface area contributed by atoms with Crippen molar-refractivity contribution in [2.45, 2.75) is 39.7 Å². The van der Waals surface area contributed by atoms with Gasteiger partial charge in [0.25, 0.3) is 5.56 Å². The highest BCUT2D eigenvalue weighted by molar-refractivity contribution is 5.74. The number of anilines is 1. The van der Waals surface area contributed by atoms with Crippen molar-refractivity contribution in [2.24, 2.45) is 13.0 Å². The molecule has 0 aliphatic carbocycles. The Morgan fingerprint density at radius 3 is 2.68 bits per heavy atom. The van der Waals surface area contributed by atoms with Gasteiger partial charge in [-0.15, -0.1) is 0 Å². The molecule has 0 amide bonds. The Bertz CT molecular complexity index is 814. The fraction of sp³-hybridized carbons (Fsp3) is 0.667. The number of aromatic nitrogens is 4. The van der Waals surface area contributed by atoms with E-state index in [9.17, 15) is 9.59 Å². The SMILES string of the molecule is CC(C)n1c(N2CCC[C@H](C)C2)nc2c1c(=O)[nH]c(=O)n2C. The highest BCUT2D eigenvalue weighted by Gasteiger charge is 2.25. The van der Waals surface area contributed by atoms with Gasteiger partial charge in [0.15, 0.2) is 11.2 Å². The topological polar surface area (TPSA) is 75.9 Å². The van der Waals surface area contributed by atoms with Crippen molar-refractivity contribution in [3.63, 3.8) is 0 Å². The summed E-state index contributed by atoms with van der Waals surface area (Å²) in [4.78, 5) is 33.4. The van der Waals surface area contributed by atoms with Crippen LogP contribution in [0.1, 0.15) is 39.7 Å². The molecule has 0 unspecified atom stereocenters. The smallest absolute Gasteiger partial charge is 0.329 e. The third-order valence-electron chi connectivity index (χ3n) is 4.39. The van der Waals surface area contributed by atoms with Crippen molar-refractivity contribution in [3.8, 4) is 0 Å². The van der Waals surface area contributed by atoms with Gasteiger partial charge < -0.3 is 9.47 Å². The number of aromatic amines is 1. The van der Waals surface area contributed by atoms with E-state index in [1.807, 2.05) is 18.4 Å². The normalized spacial score (nSPS) is 19.3. The molecule has 1 aliphatic heterocycles. The molecule has 1 saturated heterocycles. The molecule has 7 nitrogen and oxygen atoms in total. The number of nitrogens with zero attached hydrogens (tertiary/aromatic N) is 4. The summed E-state index contributed by atoms with van der Waals surface area (Å²) in [5, 5.41) is 0. The molecular weight excluding hydrogens is 282 g/mol. The van der Waals surface area contributed by atoms with Gasteiger partial charge in [-0.2, -0.15) is 4.98 Å². The van der Waals surface area contributed by atoms with Crippen LogP contribution >= 0.6 is 0 Å². The summed E-state index contributed by atoms with van der Waals surface area (Å²) in [5.41, 5.74) is 0.140. The van der Waals surface area contributed by atoms with E-state index >= 15 is 0 Å². The van der Waals surface area contributed by atoms with Crippen LogP contribution in [0.15, 0.2) is 9.59 Å². The molecule has 3 heterocycles. The van der Waals surface area contributed by atoms with Crippen LogP contribution in [0.5, 0.6) is 0 Å². The lowest BCUT2D eigenvalue weighted by Crippen LogP contribution is -2.36. The lowest BCUT2D eigenvalue weighted by molar-refractivity contribution is 0.435. The summed E-state index contributed by atoms with van der Waals surface area (Å²) in [6.07, 6.45) is 2.34. The Hall–Kier alpha value is -2.05. The largest absolute Gasteiger partial charge is 0.342 e. The number of imidazole rings is 1. The second-order valence-electron chi connectivity index (χ2n) is 6.56. The average molecular weight is 305 g/mol. The van der Waals surface area contributed by atoms with Crippen molar-refractivity contribution in [3.05, 3.63) is 20.8 Å². The van der Waals surface area contributed by atoms with Gasteiger partial charge in [0.1, 0.15) is 0 Å². The standard InChI is InChI=1S/C15H23N5O2/c1-9(2)20-11-12(18(4)15(22)17-13(11)21)16-14(20)19-7-5-6-10(3)8-19/h9-10H,5-8H2,1-4H3,(H,17,21,22)/t10-/m0/s1. The van der Waals surface area contributed by atoms with Gasteiger partial charge in [0.2, 0.25) is 5.95 Å². The van der Waals surface area contributed by atoms with Gasteiger partial charge in [-0.3, -0.25) is 14.3 Å². The summed E-state index contributed by atoms with van der Waals surface area (Å²) in [6, 6.07) is 0.0934. The molecule has 22 heavy (non-hydrogen) atoms. The average Bonchev–Trinajstić information content (AvgIpc) is 2.86. The highest BCUT2D eigenvalue weighted by atomic mass is 16.2. The van der Waals surface area contributed by atoms with Crippen LogP contribution in [-0.2, 0) is 7.05 Å². The maximum Gasteiger partial charge on any atom is 0.329 e. The third kappa shape index (κ3) is 2.24. The highest BCUT2D eigenvalue weighted by Crippen LogP contribution is 2.27. The predicted octanol–water partition coefficient (Wildman–Crippen LogP) is 1.24. The van der Waals surface area contributed by atoms with Gasteiger partial charge in [-0.25, -0.2) is 4.79 Å². The van der Waals surface area contributed by atoms with Crippen LogP contribution in [-0.4, -0.2) is 32.2 Å². The summed E-state index contributed by atoms with van der Waals surface area (Å²) in [6.45, 7) is 8.16. The molecule has 0 radical (unpaired) electrons. The summed E-state index contributed by atoms with van der Waals surface area (Å²) in [7, 11) is 1.64. The van der Waals surface area contributed by atoms with Crippen LogP contribution in [0.2, 0.25) is 0 Å². The van der Waals surface area contributed by atoms with E-state index in [1.54, 1.807) is 7.05 Å². The van der Waals surface area contributed by atoms with Crippen molar-refractivity contribution in [1.82, 2.24) is 19.1 Å². The Kier molecular flexibility index (Phi) is 3.58. The molecule has 1 atom stereocenters. The molecule has 120 valence electrons. The van der Waals surface area contributed by atoms with Crippen LogP contribution in [0, 0.1) is 5.92 Å². The molecule has 0 spiro atoms. The van der Waals surface area contributed by atoms with Crippen LogP contribution in [0.4, 0.5) is 5.95 Å². The van der Waals surface area contributed by atoms with Gasteiger partial charge >= 0.3 is 5.69 Å². The van der Waals surface area contributed by atoms with Crippen molar-refractivity contribution >= 4 is 17.1 Å². The zero-order chi connectivity index (χ0) is 16.0. The maximum absolute atomic E-state index is 12.3. The molecule has 0 aromatic carbocycles. The molecule has 3 rings (SSSR count). The van der Waals surface area contributed by atoms with E-state index < -0.39 is 5.69 Å². The predicted molar refractivity (Wildman–Crippen MR) is 86.6 cm³/mol. The number of piperidine rings is 1. The van der Waals surface area contributed by atoms with E-state index in [0.29, 0.717) is 17.1 Å². The Morgan fingerprint density at radius 1 is 1.32 bits per heavy atom. The quantitative estimate of drug-likeness (QED) is 0.905. The number of hydrogen-bond acceptors (Lipinski definition) is 4. The first-order chi connectivity index (χ1) is 10.4. The molecule has 2 aromatic heterocycles. The molecule has 0 bridgehead atoms. The number of rotatable bonds is 2. The fourth-order valence-corrected chi connectivity index (χ4v) is 3.27. The van der Waals surface area contributed by atoms with Gasteiger partial charge in [0, 0.05) is 26.2 Å². The monoisotopic (exact) mass is 305 g/mol. The zero-order valence-corrected chi connectivity index (χ0v) is 13.6. The lowest BCUT2D eigenvalue weighted by Gasteiger charge is -2.32. The molecule has 7 heteroatoms. The van der Waals surface area contributed by atoms with Gasteiger partial charge in [-0.1, -0.05) is 6.92 Å². The summed E-state index contributed by atoms with van der Waals surface area (Å²) < 4.78 is 3.36. The number of H-pyrrole nitrogens is 1. The van der Waals surface area contributed by atoms with E-state index in [2.05, 4.69) is 21.8 Å². The van der Waals surface area contributed by atoms with Gasteiger partial charge in [-0.05, 0) is 32.6 Å². The molecule has 2 aromatic rings. The van der Waals surface area contributed by atoms with Crippen molar-refractivity contribution in [1.29, 1.82) is 0 Å². The van der Waals surface area contributed by atoms with Gasteiger partial charge in [0.05, 0.1) is 0 Å².